The summed E-state index contributed by atoms with van der Waals surface area (Å²) in [5, 5.41) is 3.28. The smallest absolute Gasteiger partial charge is 0.127 e. The largest absolute Gasteiger partial charge is 0.398 e. The van der Waals surface area contributed by atoms with E-state index >= 15 is 0 Å². The summed E-state index contributed by atoms with van der Waals surface area (Å²) in [5.41, 5.74) is 7.61. The molecule has 1 aliphatic heterocycles. The lowest BCUT2D eigenvalue weighted by Crippen LogP contribution is -2.15. The van der Waals surface area contributed by atoms with Crippen LogP contribution in [0.15, 0.2) is 12.3 Å². The van der Waals surface area contributed by atoms with Crippen molar-refractivity contribution in [2.75, 3.05) is 30.8 Å². The van der Waals surface area contributed by atoms with Crippen molar-refractivity contribution in [1.29, 1.82) is 0 Å². The van der Waals surface area contributed by atoms with E-state index in [1.54, 1.807) is 6.20 Å². The molecule has 3 N–H and O–H groups in total. The van der Waals surface area contributed by atoms with Crippen molar-refractivity contribution in [3.8, 4) is 0 Å². The maximum absolute atomic E-state index is 5.80. The van der Waals surface area contributed by atoms with Crippen LogP contribution in [0, 0.1) is 12.8 Å². The Morgan fingerprint density at radius 3 is 3.20 bits per heavy atom. The van der Waals surface area contributed by atoms with Gasteiger partial charge in [0.05, 0.1) is 6.61 Å². The van der Waals surface area contributed by atoms with Crippen LogP contribution in [0.4, 0.5) is 11.5 Å². The number of nitrogens with two attached hydrogens (primary N) is 1. The fourth-order valence-corrected chi connectivity index (χ4v) is 1.63. The third kappa shape index (κ3) is 2.59. The standard InChI is InChI=1S/C11H17N3O/c1-8-5-13-11(4-10(8)12)14-6-9-2-3-15-7-9/h4-5,9H,2-3,6-7H2,1H3,(H3,12,13,14). The first-order chi connectivity index (χ1) is 7.25. The molecule has 0 spiro atoms. The molecule has 1 unspecified atom stereocenters. The zero-order valence-corrected chi connectivity index (χ0v) is 8.99. The van der Waals surface area contributed by atoms with Gasteiger partial charge in [0, 0.05) is 37.0 Å². The zero-order valence-electron chi connectivity index (χ0n) is 8.99. The number of anilines is 2. The van der Waals surface area contributed by atoms with Crippen LogP contribution in [0.5, 0.6) is 0 Å². The molecule has 4 nitrogen and oxygen atoms in total. The number of aromatic nitrogens is 1. The molecule has 1 aliphatic rings. The predicted molar refractivity (Wildman–Crippen MR) is 60.8 cm³/mol. The van der Waals surface area contributed by atoms with Gasteiger partial charge in [0.1, 0.15) is 5.82 Å². The fourth-order valence-electron chi connectivity index (χ4n) is 1.63. The van der Waals surface area contributed by atoms with Crippen LogP contribution >= 0.6 is 0 Å². The monoisotopic (exact) mass is 207 g/mol. The third-order valence-corrected chi connectivity index (χ3v) is 2.74. The summed E-state index contributed by atoms with van der Waals surface area (Å²) in [4.78, 5) is 4.27. The summed E-state index contributed by atoms with van der Waals surface area (Å²) < 4.78 is 5.30. The van der Waals surface area contributed by atoms with Crippen LogP contribution in [0.3, 0.4) is 0 Å². The molecule has 1 fully saturated rings. The molecule has 2 rings (SSSR count). The van der Waals surface area contributed by atoms with Crippen molar-refractivity contribution >= 4 is 11.5 Å². The first-order valence-electron chi connectivity index (χ1n) is 5.29. The van der Waals surface area contributed by atoms with Gasteiger partial charge < -0.3 is 15.8 Å². The molecule has 1 atom stereocenters. The number of nitrogens with zero attached hydrogens (tertiary/aromatic N) is 1. The van der Waals surface area contributed by atoms with Crippen LogP contribution < -0.4 is 11.1 Å². The normalized spacial score (nSPS) is 20.5. The fraction of sp³-hybridized carbons (Fsp3) is 0.545. The number of pyridine rings is 1. The summed E-state index contributed by atoms with van der Waals surface area (Å²) in [6.45, 7) is 4.61. The predicted octanol–water partition coefficient (Wildman–Crippen LogP) is 1.42. The van der Waals surface area contributed by atoms with E-state index in [-0.39, 0.29) is 0 Å². The van der Waals surface area contributed by atoms with Crippen molar-refractivity contribution in [2.45, 2.75) is 13.3 Å². The highest BCUT2D eigenvalue weighted by molar-refractivity contribution is 5.53. The molecule has 1 aromatic heterocycles. The Labute approximate surface area is 89.8 Å². The lowest BCUT2D eigenvalue weighted by Gasteiger charge is -2.10. The van der Waals surface area contributed by atoms with Crippen molar-refractivity contribution in [3.63, 3.8) is 0 Å². The first kappa shape index (κ1) is 10.2. The average molecular weight is 207 g/mol. The van der Waals surface area contributed by atoms with Crippen molar-refractivity contribution in [1.82, 2.24) is 4.98 Å². The molecule has 0 radical (unpaired) electrons. The summed E-state index contributed by atoms with van der Waals surface area (Å²) in [7, 11) is 0. The van der Waals surface area contributed by atoms with Gasteiger partial charge in [-0.25, -0.2) is 4.98 Å². The highest BCUT2D eigenvalue weighted by Crippen LogP contribution is 2.16. The zero-order chi connectivity index (χ0) is 10.7. The van der Waals surface area contributed by atoms with Crippen molar-refractivity contribution in [3.05, 3.63) is 17.8 Å². The second kappa shape index (κ2) is 4.49. The molecule has 0 bridgehead atoms. The minimum atomic E-state index is 0.606. The maximum Gasteiger partial charge on any atom is 0.127 e. The summed E-state index contributed by atoms with van der Waals surface area (Å²) >= 11 is 0. The Morgan fingerprint density at radius 1 is 1.67 bits per heavy atom. The minimum absolute atomic E-state index is 0.606. The lowest BCUT2D eigenvalue weighted by molar-refractivity contribution is 0.187. The van der Waals surface area contributed by atoms with E-state index in [4.69, 9.17) is 10.5 Å². The van der Waals surface area contributed by atoms with Crippen LogP contribution in [-0.2, 0) is 4.74 Å². The molecule has 82 valence electrons. The molecular formula is C11H17N3O. The molecule has 0 aliphatic carbocycles. The van der Waals surface area contributed by atoms with Gasteiger partial charge in [-0.1, -0.05) is 0 Å². The van der Waals surface area contributed by atoms with E-state index in [9.17, 15) is 0 Å². The van der Waals surface area contributed by atoms with Gasteiger partial charge >= 0.3 is 0 Å². The van der Waals surface area contributed by atoms with E-state index in [0.717, 1.165) is 43.2 Å². The maximum atomic E-state index is 5.80. The summed E-state index contributed by atoms with van der Waals surface area (Å²) in [5.74, 6) is 1.46. The van der Waals surface area contributed by atoms with Gasteiger partial charge in [-0.05, 0) is 18.9 Å². The highest BCUT2D eigenvalue weighted by atomic mass is 16.5. The summed E-state index contributed by atoms with van der Waals surface area (Å²) in [6.07, 6.45) is 2.93. The Bertz CT molecular complexity index is 335. The summed E-state index contributed by atoms with van der Waals surface area (Å²) in [6, 6.07) is 1.88. The Morgan fingerprint density at radius 2 is 2.53 bits per heavy atom. The molecule has 1 aromatic rings. The van der Waals surface area contributed by atoms with Crippen LogP contribution in [0.25, 0.3) is 0 Å². The lowest BCUT2D eigenvalue weighted by atomic mass is 10.1. The molecule has 0 saturated carbocycles. The molecule has 1 saturated heterocycles. The number of ether oxygens (including phenoxy) is 1. The van der Waals surface area contributed by atoms with E-state index < -0.39 is 0 Å². The van der Waals surface area contributed by atoms with Gasteiger partial charge in [0.25, 0.3) is 0 Å². The number of nitrogen functional groups attached to an aromatic ring is 1. The number of nitrogens with one attached hydrogen (secondary N) is 1. The molecule has 15 heavy (non-hydrogen) atoms. The van der Waals surface area contributed by atoms with Crippen LogP contribution in [0.2, 0.25) is 0 Å². The topological polar surface area (TPSA) is 60.2 Å². The SMILES string of the molecule is Cc1cnc(NCC2CCOC2)cc1N. The molecule has 0 aromatic carbocycles. The van der Waals surface area contributed by atoms with Crippen molar-refractivity contribution in [2.24, 2.45) is 5.92 Å². The number of hydrogen-bond acceptors (Lipinski definition) is 4. The third-order valence-electron chi connectivity index (χ3n) is 2.74. The van der Waals surface area contributed by atoms with Gasteiger partial charge in [-0.3, -0.25) is 0 Å². The van der Waals surface area contributed by atoms with Gasteiger partial charge in [-0.15, -0.1) is 0 Å². The Hall–Kier alpha value is -1.29. The number of hydrogen-bond donors (Lipinski definition) is 2. The second-order valence-electron chi connectivity index (χ2n) is 4.04. The Balaban J connectivity index is 1.90. The van der Waals surface area contributed by atoms with Gasteiger partial charge in [0.15, 0.2) is 0 Å². The molecule has 4 heteroatoms. The highest BCUT2D eigenvalue weighted by Gasteiger charge is 2.15. The van der Waals surface area contributed by atoms with E-state index in [1.165, 1.54) is 0 Å². The van der Waals surface area contributed by atoms with Gasteiger partial charge in [0.2, 0.25) is 0 Å². The minimum Gasteiger partial charge on any atom is -0.398 e. The van der Waals surface area contributed by atoms with Crippen LogP contribution in [-0.4, -0.2) is 24.7 Å². The van der Waals surface area contributed by atoms with E-state index in [1.807, 2.05) is 13.0 Å². The van der Waals surface area contributed by atoms with Crippen LogP contribution in [0.1, 0.15) is 12.0 Å². The molecule has 0 amide bonds. The quantitative estimate of drug-likeness (QED) is 0.787. The number of rotatable bonds is 3. The first-order valence-corrected chi connectivity index (χ1v) is 5.29. The molecular weight excluding hydrogens is 190 g/mol. The van der Waals surface area contributed by atoms with Crippen molar-refractivity contribution < 1.29 is 4.74 Å². The number of aryl methyl sites for hydroxylation is 1. The average Bonchev–Trinajstić information content (AvgIpc) is 2.73. The van der Waals surface area contributed by atoms with E-state index in [0.29, 0.717) is 5.92 Å². The van der Waals surface area contributed by atoms with E-state index in [2.05, 4.69) is 10.3 Å². The van der Waals surface area contributed by atoms with Gasteiger partial charge in [-0.2, -0.15) is 0 Å². The molecule has 2 heterocycles. The second-order valence-corrected chi connectivity index (χ2v) is 4.04. The Kier molecular flexibility index (Phi) is 3.06.